The molecule has 0 aliphatic rings. The Morgan fingerprint density at radius 1 is 1.23 bits per heavy atom. The largest absolute Gasteiger partial charge is 0.549 e. The van der Waals surface area contributed by atoms with Crippen LogP contribution >= 0.6 is 11.8 Å². The first-order valence-electron chi connectivity index (χ1n) is 8.61. The minimum Gasteiger partial charge on any atom is -0.549 e. The van der Waals surface area contributed by atoms with Crippen LogP contribution in [0.4, 0.5) is 13.2 Å². The first kappa shape index (κ1) is 21.7. The summed E-state index contributed by atoms with van der Waals surface area (Å²) in [4.78, 5) is 40.3. The molecule has 0 aliphatic heterocycles. The van der Waals surface area contributed by atoms with E-state index >= 15 is 0 Å². The van der Waals surface area contributed by atoms with Gasteiger partial charge in [-0.05, 0) is 24.6 Å². The van der Waals surface area contributed by atoms with Crippen LogP contribution in [-0.2, 0) is 31.6 Å². The monoisotopic (exact) mass is 441 g/mol. The molecule has 8 nitrogen and oxygen atoms in total. The molecule has 2 heterocycles. The third-order valence-corrected chi connectivity index (χ3v) is 5.59. The summed E-state index contributed by atoms with van der Waals surface area (Å²) in [6.45, 7) is 1.17. The number of carbonyl (C=O) groups is 1. The van der Waals surface area contributed by atoms with Gasteiger partial charge in [-0.1, -0.05) is 23.9 Å². The van der Waals surface area contributed by atoms with Crippen molar-refractivity contribution in [1.29, 1.82) is 0 Å². The maximum absolute atomic E-state index is 13.1. The predicted molar refractivity (Wildman–Crippen MR) is 101 cm³/mol. The van der Waals surface area contributed by atoms with E-state index in [0.29, 0.717) is 0 Å². The number of imidazole rings is 1. The van der Waals surface area contributed by atoms with Gasteiger partial charge in [0.05, 0.1) is 18.1 Å². The zero-order valence-electron chi connectivity index (χ0n) is 16.1. The minimum absolute atomic E-state index is 0.00289. The van der Waals surface area contributed by atoms with Crippen molar-refractivity contribution in [1.82, 2.24) is 18.7 Å². The Labute approximate surface area is 171 Å². The highest BCUT2D eigenvalue weighted by atomic mass is 32.2. The zero-order chi connectivity index (χ0) is 22.4. The van der Waals surface area contributed by atoms with E-state index in [4.69, 9.17) is 0 Å². The van der Waals surface area contributed by atoms with Crippen molar-refractivity contribution in [3.63, 3.8) is 0 Å². The maximum atomic E-state index is 13.1. The van der Waals surface area contributed by atoms with Crippen LogP contribution in [0.2, 0.25) is 0 Å². The second kappa shape index (κ2) is 7.67. The predicted octanol–water partition coefficient (Wildman–Crippen LogP) is 0.731. The van der Waals surface area contributed by atoms with Crippen molar-refractivity contribution in [3.8, 4) is 0 Å². The van der Waals surface area contributed by atoms with Crippen molar-refractivity contribution in [2.45, 2.75) is 30.1 Å². The van der Waals surface area contributed by atoms with E-state index in [2.05, 4.69) is 4.98 Å². The molecule has 12 heteroatoms. The number of carboxylic acids is 1. The average Bonchev–Trinajstić information content (AvgIpc) is 3.02. The summed E-state index contributed by atoms with van der Waals surface area (Å²) in [5, 5.41) is 10.2. The Bertz CT molecular complexity index is 1260. The first-order valence-corrected chi connectivity index (χ1v) is 9.49. The summed E-state index contributed by atoms with van der Waals surface area (Å²) in [5.41, 5.74) is -1.99. The van der Waals surface area contributed by atoms with Gasteiger partial charge in [-0.15, -0.1) is 0 Å². The molecule has 0 saturated carbocycles. The van der Waals surface area contributed by atoms with Crippen LogP contribution in [-0.4, -0.2) is 29.9 Å². The van der Waals surface area contributed by atoms with E-state index in [1.165, 1.54) is 37.7 Å². The van der Waals surface area contributed by atoms with Gasteiger partial charge in [0.25, 0.3) is 5.56 Å². The number of fused-ring (bicyclic) bond motifs is 1. The Morgan fingerprint density at radius 3 is 2.50 bits per heavy atom. The summed E-state index contributed by atoms with van der Waals surface area (Å²) < 4.78 is 42.5. The third kappa shape index (κ3) is 3.86. The molecule has 0 fully saturated rings. The number of carboxylic acid groups (broad SMARTS) is 1. The molecule has 0 bridgehead atoms. The number of halogens is 3. The van der Waals surface area contributed by atoms with Gasteiger partial charge in [0, 0.05) is 19.3 Å². The van der Waals surface area contributed by atoms with Crippen LogP contribution in [0.15, 0.2) is 39.0 Å². The Balaban J connectivity index is 2.24. The van der Waals surface area contributed by atoms with Crippen LogP contribution in [0.25, 0.3) is 11.2 Å². The lowest BCUT2D eigenvalue weighted by atomic mass is 10.1. The number of aliphatic carboxylic acids is 1. The smallest absolute Gasteiger partial charge is 0.416 e. The molecule has 0 aliphatic carbocycles. The van der Waals surface area contributed by atoms with Gasteiger partial charge in [0.2, 0.25) is 0 Å². The molecular formula is C18H16F3N4O4S-. The SMILES string of the molecule is C[C@H](Sc1nc2c(c(=O)n(C)c(=O)n2C)n1Cc1cccc(C(F)(F)F)c1)C(=O)[O-]. The summed E-state index contributed by atoms with van der Waals surface area (Å²) in [5.74, 6) is -1.38. The van der Waals surface area contributed by atoms with Crippen LogP contribution < -0.4 is 16.4 Å². The van der Waals surface area contributed by atoms with Gasteiger partial charge in [-0.25, -0.2) is 9.78 Å². The number of alkyl halides is 3. The molecule has 0 saturated heterocycles. The van der Waals surface area contributed by atoms with E-state index in [9.17, 15) is 32.7 Å². The van der Waals surface area contributed by atoms with Crippen molar-refractivity contribution >= 4 is 28.9 Å². The van der Waals surface area contributed by atoms with E-state index in [0.717, 1.165) is 33.0 Å². The number of aryl methyl sites for hydroxylation is 1. The summed E-state index contributed by atoms with van der Waals surface area (Å²) >= 11 is 0.766. The van der Waals surface area contributed by atoms with Crippen LogP contribution in [0, 0.1) is 0 Å². The molecule has 0 N–H and O–H groups in total. The van der Waals surface area contributed by atoms with E-state index < -0.39 is 34.2 Å². The Kier molecular flexibility index (Phi) is 5.54. The molecule has 0 spiro atoms. The topological polar surface area (TPSA) is 102 Å². The maximum Gasteiger partial charge on any atom is 0.416 e. The molecule has 2 aromatic heterocycles. The molecule has 0 unspecified atom stereocenters. The third-order valence-electron chi connectivity index (χ3n) is 4.52. The van der Waals surface area contributed by atoms with Crippen LogP contribution in [0.1, 0.15) is 18.1 Å². The van der Waals surface area contributed by atoms with E-state index in [1.807, 2.05) is 0 Å². The molecule has 3 aromatic rings. The summed E-state index contributed by atoms with van der Waals surface area (Å²) in [7, 11) is 2.66. The molecule has 30 heavy (non-hydrogen) atoms. The molecule has 0 radical (unpaired) electrons. The Morgan fingerprint density at radius 2 is 1.90 bits per heavy atom. The second-order valence-electron chi connectivity index (χ2n) is 6.64. The lowest BCUT2D eigenvalue weighted by molar-refractivity contribution is -0.304. The van der Waals surface area contributed by atoms with E-state index in [-0.39, 0.29) is 28.4 Å². The van der Waals surface area contributed by atoms with Crippen molar-refractivity contribution in [2.24, 2.45) is 14.1 Å². The minimum atomic E-state index is -4.55. The van der Waals surface area contributed by atoms with Gasteiger partial charge in [0.15, 0.2) is 16.3 Å². The van der Waals surface area contributed by atoms with Crippen molar-refractivity contribution in [3.05, 3.63) is 56.2 Å². The number of rotatable bonds is 5. The molecular weight excluding hydrogens is 425 g/mol. The molecule has 0 amide bonds. The summed E-state index contributed by atoms with van der Waals surface area (Å²) in [6, 6.07) is 4.55. The lowest BCUT2D eigenvalue weighted by Gasteiger charge is -2.14. The van der Waals surface area contributed by atoms with Gasteiger partial charge in [-0.2, -0.15) is 13.2 Å². The van der Waals surface area contributed by atoms with Gasteiger partial charge in [0.1, 0.15) is 0 Å². The fraction of sp³-hybridized carbons (Fsp3) is 0.333. The standard InChI is InChI=1S/C18H17F3N4O4S/c1-9(15(27)28)30-16-22-13-12(14(26)24(3)17(29)23(13)2)25(16)8-10-5-4-6-11(7-10)18(19,20)21/h4-7,9H,8H2,1-3H3,(H,27,28)/p-1/t9-/m0/s1. The lowest BCUT2D eigenvalue weighted by Crippen LogP contribution is -2.37. The molecule has 160 valence electrons. The number of carbonyl (C=O) groups excluding carboxylic acids is 1. The fourth-order valence-electron chi connectivity index (χ4n) is 2.90. The zero-order valence-corrected chi connectivity index (χ0v) is 16.9. The van der Waals surface area contributed by atoms with Crippen molar-refractivity contribution in [2.75, 3.05) is 0 Å². The van der Waals surface area contributed by atoms with Gasteiger partial charge >= 0.3 is 11.9 Å². The number of benzene rings is 1. The molecule has 1 aromatic carbocycles. The van der Waals surface area contributed by atoms with Crippen molar-refractivity contribution < 1.29 is 23.1 Å². The van der Waals surface area contributed by atoms with Gasteiger partial charge in [-0.3, -0.25) is 13.9 Å². The highest BCUT2D eigenvalue weighted by molar-refractivity contribution is 8.00. The number of hydrogen-bond acceptors (Lipinski definition) is 6. The highest BCUT2D eigenvalue weighted by Gasteiger charge is 2.30. The molecule has 1 atom stereocenters. The fourth-order valence-corrected chi connectivity index (χ4v) is 3.73. The molecule has 3 rings (SSSR count). The number of thioether (sulfide) groups is 1. The van der Waals surface area contributed by atoms with Crippen LogP contribution in [0.3, 0.4) is 0 Å². The number of aromatic nitrogens is 4. The normalized spacial score (nSPS) is 13.0. The van der Waals surface area contributed by atoms with Gasteiger partial charge < -0.3 is 14.5 Å². The second-order valence-corrected chi connectivity index (χ2v) is 7.94. The number of nitrogens with zero attached hydrogens (tertiary/aromatic N) is 4. The Hall–Kier alpha value is -3.02. The average molecular weight is 441 g/mol. The number of hydrogen-bond donors (Lipinski definition) is 0. The summed E-state index contributed by atoms with van der Waals surface area (Å²) in [6.07, 6.45) is -4.55. The van der Waals surface area contributed by atoms with Crippen LogP contribution in [0.5, 0.6) is 0 Å². The van der Waals surface area contributed by atoms with E-state index in [1.54, 1.807) is 0 Å². The highest BCUT2D eigenvalue weighted by Crippen LogP contribution is 2.31. The quantitative estimate of drug-likeness (QED) is 0.541. The first-order chi connectivity index (χ1) is 13.9.